The zero-order chi connectivity index (χ0) is 14.2. The number of thiophene rings is 1. The summed E-state index contributed by atoms with van der Waals surface area (Å²) in [6, 6.07) is 10.4. The molecule has 0 unspecified atom stereocenters. The molecular formula is C17H23NOS. The number of para-hydroxylation sites is 1. The van der Waals surface area contributed by atoms with E-state index >= 15 is 0 Å². The van der Waals surface area contributed by atoms with E-state index in [4.69, 9.17) is 4.74 Å². The summed E-state index contributed by atoms with van der Waals surface area (Å²) in [6.07, 6.45) is 0.970. The summed E-state index contributed by atoms with van der Waals surface area (Å²) in [7, 11) is 0. The third-order valence-electron chi connectivity index (χ3n) is 3.07. The van der Waals surface area contributed by atoms with Crippen LogP contribution in [0.4, 0.5) is 0 Å². The maximum absolute atomic E-state index is 5.93. The molecule has 0 fully saturated rings. The fourth-order valence-corrected chi connectivity index (χ4v) is 2.70. The Morgan fingerprint density at radius 3 is 2.80 bits per heavy atom. The number of ether oxygens (including phenoxy) is 1. The highest BCUT2D eigenvalue weighted by molar-refractivity contribution is 7.07. The highest BCUT2D eigenvalue weighted by Crippen LogP contribution is 2.18. The molecule has 2 nitrogen and oxygen atoms in total. The van der Waals surface area contributed by atoms with E-state index in [1.165, 1.54) is 11.1 Å². The third-order valence-corrected chi connectivity index (χ3v) is 3.80. The molecule has 0 radical (unpaired) electrons. The SMILES string of the molecule is CC(C)CNCc1ccccc1OCCc1ccsc1. The van der Waals surface area contributed by atoms with Gasteiger partial charge in [0.2, 0.25) is 0 Å². The Kier molecular flexibility index (Phi) is 6.09. The van der Waals surface area contributed by atoms with Crippen LogP contribution in [0.1, 0.15) is 25.0 Å². The van der Waals surface area contributed by atoms with Gasteiger partial charge in [0, 0.05) is 18.5 Å². The Morgan fingerprint density at radius 1 is 1.20 bits per heavy atom. The average Bonchev–Trinajstić information content (AvgIpc) is 2.93. The van der Waals surface area contributed by atoms with E-state index in [0.29, 0.717) is 5.92 Å². The smallest absolute Gasteiger partial charge is 0.123 e. The highest BCUT2D eigenvalue weighted by atomic mass is 32.1. The molecule has 20 heavy (non-hydrogen) atoms. The zero-order valence-corrected chi connectivity index (χ0v) is 13.1. The molecule has 0 saturated heterocycles. The van der Waals surface area contributed by atoms with Gasteiger partial charge in [-0.3, -0.25) is 0 Å². The maximum Gasteiger partial charge on any atom is 0.123 e. The fourth-order valence-electron chi connectivity index (χ4n) is 2.00. The summed E-state index contributed by atoms with van der Waals surface area (Å²) >= 11 is 1.74. The maximum atomic E-state index is 5.93. The summed E-state index contributed by atoms with van der Waals surface area (Å²) in [5.41, 5.74) is 2.59. The molecule has 1 aromatic carbocycles. The number of benzene rings is 1. The molecule has 2 rings (SSSR count). The van der Waals surface area contributed by atoms with Gasteiger partial charge >= 0.3 is 0 Å². The van der Waals surface area contributed by atoms with Crippen LogP contribution in [0.25, 0.3) is 0 Å². The topological polar surface area (TPSA) is 21.3 Å². The minimum absolute atomic E-state index is 0.668. The van der Waals surface area contributed by atoms with E-state index in [9.17, 15) is 0 Å². The second-order valence-corrected chi connectivity index (χ2v) is 6.14. The number of rotatable bonds is 8. The normalized spacial score (nSPS) is 10.9. The molecule has 0 saturated carbocycles. The minimum atomic E-state index is 0.668. The minimum Gasteiger partial charge on any atom is -0.493 e. The second-order valence-electron chi connectivity index (χ2n) is 5.36. The van der Waals surface area contributed by atoms with Crippen molar-refractivity contribution in [1.82, 2.24) is 5.32 Å². The number of hydrogen-bond acceptors (Lipinski definition) is 3. The molecule has 0 aliphatic carbocycles. The predicted octanol–water partition coefficient (Wildman–Crippen LogP) is 4.12. The first-order valence-electron chi connectivity index (χ1n) is 7.18. The van der Waals surface area contributed by atoms with Crippen molar-refractivity contribution in [1.29, 1.82) is 0 Å². The first-order valence-corrected chi connectivity index (χ1v) is 8.12. The lowest BCUT2D eigenvalue weighted by atomic mass is 10.2. The van der Waals surface area contributed by atoms with Crippen LogP contribution in [0.15, 0.2) is 41.1 Å². The van der Waals surface area contributed by atoms with Gasteiger partial charge in [-0.25, -0.2) is 0 Å². The lowest BCUT2D eigenvalue weighted by Crippen LogP contribution is -2.19. The summed E-state index contributed by atoms with van der Waals surface area (Å²) in [4.78, 5) is 0. The average molecular weight is 289 g/mol. The molecule has 0 spiro atoms. The van der Waals surface area contributed by atoms with Gasteiger partial charge in [0.25, 0.3) is 0 Å². The number of nitrogens with one attached hydrogen (secondary N) is 1. The Balaban J connectivity index is 1.83. The van der Waals surface area contributed by atoms with Crippen LogP contribution in [0.3, 0.4) is 0 Å². The largest absolute Gasteiger partial charge is 0.493 e. The van der Waals surface area contributed by atoms with Gasteiger partial charge in [-0.15, -0.1) is 0 Å². The first-order chi connectivity index (χ1) is 9.75. The van der Waals surface area contributed by atoms with E-state index < -0.39 is 0 Å². The van der Waals surface area contributed by atoms with Crippen molar-refractivity contribution in [3.63, 3.8) is 0 Å². The lowest BCUT2D eigenvalue weighted by molar-refractivity contribution is 0.317. The van der Waals surface area contributed by atoms with E-state index in [1.54, 1.807) is 11.3 Å². The van der Waals surface area contributed by atoms with Crippen molar-refractivity contribution >= 4 is 11.3 Å². The van der Waals surface area contributed by atoms with Crippen molar-refractivity contribution in [3.05, 3.63) is 52.2 Å². The third kappa shape index (κ3) is 4.99. The Bertz CT molecular complexity index is 493. The van der Waals surface area contributed by atoms with Crippen LogP contribution in [0.2, 0.25) is 0 Å². The lowest BCUT2D eigenvalue weighted by Gasteiger charge is -2.13. The van der Waals surface area contributed by atoms with Gasteiger partial charge in [-0.05, 0) is 40.9 Å². The van der Waals surface area contributed by atoms with E-state index in [2.05, 4.69) is 54.2 Å². The van der Waals surface area contributed by atoms with E-state index in [0.717, 1.165) is 31.9 Å². The molecule has 1 N–H and O–H groups in total. The van der Waals surface area contributed by atoms with Crippen LogP contribution in [-0.2, 0) is 13.0 Å². The van der Waals surface area contributed by atoms with Gasteiger partial charge in [0.1, 0.15) is 5.75 Å². The monoisotopic (exact) mass is 289 g/mol. The quantitative estimate of drug-likeness (QED) is 0.789. The molecule has 0 amide bonds. The van der Waals surface area contributed by atoms with E-state index in [1.807, 2.05) is 6.07 Å². The van der Waals surface area contributed by atoms with Crippen LogP contribution < -0.4 is 10.1 Å². The molecule has 3 heteroatoms. The van der Waals surface area contributed by atoms with Gasteiger partial charge in [-0.2, -0.15) is 11.3 Å². The highest BCUT2D eigenvalue weighted by Gasteiger charge is 2.03. The van der Waals surface area contributed by atoms with Gasteiger partial charge < -0.3 is 10.1 Å². The van der Waals surface area contributed by atoms with Crippen molar-refractivity contribution in [2.45, 2.75) is 26.8 Å². The molecule has 0 aliphatic heterocycles. The predicted molar refractivity (Wildman–Crippen MR) is 86.5 cm³/mol. The van der Waals surface area contributed by atoms with Crippen molar-refractivity contribution < 1.29 is 4.74 Å². The summed E-state index contributed by atoms with van der Waals surface area (Å²) in [5.74, 6) is 1.67. The van der Waals surface area contributed by atoms with Crippen molar-refractivity contribution in [2.75, 3.05) is 13.2 Å². The van der Waals surface area contributed by atoms with E-state index in [-0.39, 0.29) is 0 Å². The molecule has 0 atom stereocenters. The zero-order valence-electron chi connectivity index (χ0n) is 12.3. The fraction of sp³-hybridized carbons (Fsp3) is 0.412. The molecular weight excluding hydrogens is 266 g/mol. The summed E-state index contributed by atoms with van der Waals surface area (Å²) in [6.45, 7) is 7.07. The van der Waals surface area contributed by atoms with Crippen LogP contribution in [0, 0.1) is 5.92 Å². The molecule has 1 aromatic heterocycles. The Labute approximate surface area is 125 Å². The van der Waals surface area contributed by atoms with Gasteiger partial charge in [0.05, 0.1) is 6.61 Å². The van der Waals surface area contributed by atoms with Crippen molar-refractivity contribution in [3.8, 4) is 5.75 Å². The van der Waals surface area contributed by atoms with Crippen molar-refractivity contribution in [2.24, 2.45) is 5.92 Å². The Morgan fingerprint density at radius 2 is 2.05 bits per heavy atom. The molecule has 0 aliphatic rings. The standard InChI is InChI=1S/C17H23NOS/c1-14(2)11-18-12-16-5-3-4-6-17(16)19-9-7-15-8-10-20-13-15/h3-6,8,10,13-14,18H,7,9,11-12H2,1-2H3. The summed E-state index contributed by atoms with van der Waals surface area (Å²) in [5, 5.41) is 7.76. The second kappa shape index (κ2) is 8.08. The first kappa shape index (κ1) is 15.1. The molecule has 0 bridgehead atoms. The number of hydrogen-bond donors (Lipinski definition) is 1. The molecule has 2 aromatic rings. The summed E-state index contributed by atoms with van der Waals surface area (Å²) < 4.78 is 5.93. The molecule has 108 valence electrons. The van der Waals surface area contributed by atoms with Crippen LogP contribution in [0.5, 0.6) is 5.75 Å². The molecule has 1 heterocycles. The van der Waals surface area contributed by atoms with Gasteiger partial charge in [0.15, 0.2) is 0 Å². The Hall–Kier alpha value is -1.32. The van der Waals surface area contributed by atoms with Crippen LogP contribution in [-0.4, -0.2) is 13.2 Å². The van der Waals surface area contributed by atoms with Crippen LogP contribution >= 0.6 is 11.3 Å². The van der Waals surface area contributed by atoms with Gasteiger partial charge in [-0.1, -0.05) is 32.0 Å².